The molecule has 0 heterocycles. The van der Waals surface area contributed by atoms with E-state index in [9.17, 15) is 0 Å². The van der Waals surface area contributed by atoms with Crippen LogP contribution in [0.1, 0.15) is 24.4 Å². The first kappa shape index (κ1) is 11.1. The molecule has 2 rings (SSSR count). The van der Waals surface area contributed by atoms with E-state index in [0.717, 1.165) is 11.0 Å². The molecule has 1 aromatic carbocycles. The molecule has 0 radical (unpaired) electrons. The Bertz CT molecular complexity index is 347. The number of benzene rings is 1. The summed E-state index contributed by atoms with van der Waals surface area (Å²) in [6, 6.07) is 8.39. The third-order valence-corrected chi connectivity index (χ3v) is 4.04. The van der Waals surface area contributed by atoms with Gasteiger partial charge in [-0.1, -0.05) is 34.1 Å². The van der Waals surface area contributed by atoms with Gasteiger partial charge in [0.15, 0.2) is 0 Å². The smallest absolute Gasteiger partial charge is 0.0375 e. The van der Waals surface area contributed by atoms with E-state index in [1.165, 1.54) is 18.4 Å². The van der Waals surface area contributed by atoms with Gasteiger partial charge in [0.2, 0.25) is 0 Å². The average Bonchev–Trinajstić information content (AvgIpc) is 2.99. The molecule has 1 atom stereocenters. The van der Waals surface area contributed by atoms with Crippen LogP contribution in [-0.2, 0) is 0 Å². The van der Waals surface area contributed by atoms with Crippen LogP contribution in [0.5, 0.6) is 0 Å². The first-order chi connectivity index (χ1) is 7.19. The fourth-order valence-electron chi connectivity index (χ4n) is 2.17. The maximum absolute atomic E-state index is 6.35. The lowest BCUT2D eigenvalue weighted by atomic mass is 9.91. The van der Waals surface area contributed by atoms with Crippen molar-refractivity contribution in [3.05, 3.63) is 34.3 Å². The molecule has 1 aliphatic rings. The first-order valence-corrected chi connectivity index (χ1v) is 6.13. The zero-order chi connectivity index (χ0) is 10.9. The maximum atomic E-state index is 6.35. The van der Waals surface area contributed by atoms with Crippen LogP contribution in [0.15, 0.2) is 28.7 Å². The minimum absolute atomic E-state index is 0.139. The van der Waals surface area contributed by atoms with Gasteiger partial charge in [-0.15, -0.1) is 0 Å². The first-order valence-electron chi connectivity index (χ1n) is 5.34. The minimum atomic E-state index is 0.139. The summed E-state index contributed by atoms with van der Waals surface area (Å²) >= 11 is 3.57. The summed E-state index contributed by atoms with van der Waals surface area (Å²) in [4.78, 5) is 0. The molecule has 0 bridgehead atoms. The fourth-order valence-corrected chi connectivity index (χ4v) is 2.70. The number of hydrogen-bond acceptors (Lipinski definition) is 2. The molecule has 0 spiro atoms. The van der Waals surface area contributed by atoms with E-state index >= 15 is 0 Å². The Labute approximate surface area is 99.4 Å². The van der Waals surface area contributed by atoms with Crippen molar-refractivity contribution in [3.63, 3.8) is 0 Å². The second-order valence-corrected chi connectivity index (χ2v) is 5.25. The van der Waals surface area contributed by atoms with Crippen LogP contribution in [0, 0.1) is 5.41 Å². The Morgan fingerprint density at radius 1 is 1.47 bits per heavy atom. The highest BCUT2D eigenvalue weighted by molar-refractivity contribution is 9.10. The standard InChI is InChI=1S/C12H17BrN2/c1-15-8-12(6-7-12)11(14)9-4-2-3-5-10(9)13/h2-5,11,15H,6-8,14H2,1H3. The lowest BCUT2D eigenvalue weighted by Crippen LogP contribution is -2.31. The molecule has 1 aromatic rings. The second-order valence-electron chi connectivity index (χ2n) is 4.39. The van der Waals surface area contributed by atoms with Gasteiger partial charge in [-0.25, -0.2) is 0 Å². The molecule has 1 fully saturated rings. The summed E-state index contributed by atoms with van der Waals surface area (Å²) in [5.74, 6) is 0. The molecular formula is C12H17BrN2. The minimum Gasteiger partial charge on any atom is -0.323 e. The Hall–Kier alpha value is -0.380. The quantitative estimate of drug-likeness (QED) is 0.881. The van der Waals surface area contributed by atoms with Gasteiger partial charge < -0.3 is 11.1 Å². The van der Waals surface area contributed by atoms with Crippen molar-refractivity contribution in [2.24, 2.45) is 11.1 Å². The normalized spacial score (nSPS) is 19.9. The summed E-state index contributed by atoms with van der Waals surface area (Å²) in [5.41, 5.74) is 7.87. The lowest BCUT2D eigenvalue weighted by Gasteiger charge is -2.24. The van der Waals surface area contributed by atoms with Gasteiger partial charge in [0.1, 0.15) is 0 Å². The zero-order valence-electron chi connectivity index (χ0n) is 8.96. The summed E-state index contributed by atoms with van der Waals surface area (Å²) in [6.45, 7) is 1.01. The van der Waals surface area contributed by atoms with Crippen molar-refractivity contribution < 1.29 is 0 Å². The predicted octanol–water partition coefficient (Wildman–Crippen LogP) is 2.45. The molecule has 0 aliphatic heterocycles. The Kier molecular flexibility index (Phi) is 3.14. The van der Waals surface area contributed by atoms with Crippen molar-refractivity contribution in [2.45, 2.75) is 18.9 Å². The van der Waals surface area contributed by atoms with Crippen molar-refractivity contribution in [2.75, 3.05) is 13.6 Å². The van der Waals surface area contributed by atoms with Crippen LogP contribution in [0.2, 0.25) is 0 Å². The van der Waals surface area contributed by atoms with Crippen LogP contribution in [0.4, 0.5) is 0 Å². The summed E-state index contributed by atoms with van der Waals surface area (Å²) in [6.07, 6.45) is 2.46. The maximum Gasteiger partial charge on any atom is 0.0375 e. The number of nitrogens with one attached hydrogen (secondary N) is 1. The van der Waals surface area contributed by atoms with Gasteiger partial charge in [-0.3, -0.25) is 0 Å². The van der Waals surface area contributed by atoms with Gasteiger partial charge in [0.25, 0.3) is 0 Å². The van der Waals surface area contributed by atoms with Gasteiger partial charge in [-0.2, -0.15) is 0 Å². The highest BCUT2D eigenvalue weighted by Gasteiger charge is 2.48. The molecule has 0 amide bonds. The van der Waals surface area contributed by atoms with E-state index in [2.05, 4.69) is 39.4 Å². The molecule has 2 nitrogen and oxygen atoms in total. The molecule has 15 heavy (non-hydrogen) atoms. The van der Waals surface area contributed by atoms with Gasteiger partial charge in [0, 0.05) is 22.5 Å². The van der Waals surface area contributed by atoms with Crippen LogP contribution in [0.3, 0.4) is 0 Å². The molecule has 3 heteroatoms. The lowest BCUT2D eigenvalue weighted by molar-refractivity contribution is 0.391. The fraction of sp³-hybridized carbons (Fsp3) is 0.500. The topological polar surface area (TPSA) is 38.0 Å². The molecule has 0 aromatic heterocycles. The third-order valence-electron chi connectivity index (χ3n) is 3.32. The largest absolute Gasteiger partial charge is 0.323 e. The van der Waals surface area contributed by atoms with E-state index < -0.39 is 0 Å². The van der Waals surface area contributed by atoms with Gasteiger partial charge in [0.05, 0.1) is 0 Å². The Morgan fingerprint density at radius 2 is 2.13 bits per heavy atom. The summed E-state index contributed by atoms with van der Waals surface area (Å²) < 4.78 is 1.12. The van der Waals surface area contributed by atoms with E-state index in [-0.39, 0.29) is 6.04 Å². The molecule has 0 saturated heterocycles. The summed E-state index contributed by atoms with van der Waals surface area (Å²) in [7, 11) is 1.99. The highest BCUT2D eigenvalue weighted by Crippen LogP contribution is 2.54. The Balaban J connectivity index is 2.21. The number of rotatable bonds is 4. The van der Waals surface area contributed by atoms with Crippen molar-refractivity contribution in [1.29, 1.82) is 0 Å². The monoisotopic (exact) mass is 268 g/mol. The molecule has 1 unspecified atom stereocenters. The molecule has 3 N–H and O–H groups in total. The summed E-state index contributed by atoms with van der Waals surface area (Å²) in [5, 5.41) is 3.25. The average molecular weight is 269 g/mol. The SMILES string of the molecule is CNCC1(C(N)c2ccccc2Br)CC1. The molecule has 1 aliphatic carbocycles. The van der Waals surface area contributed by atoms with Crippen LogP contribution >= 0.6 is 15.9 Å². The van der Waals surface area contributed by atoms with Crippen LogP contribution < -0.4 is 11.1 Å². The van der Waals surface area contributed by atoms with Crippen molar-refractivity contribution in [3.8, 4) is 0 Å². The molecule has 1 saturated carbocycles. The van der Waals surface area contributed by atoms with E-state index in [1.54, 1.807) is 0 Å². The van der Waals surface area contributed by atoms with Crippen molar-refractivity contribution >= 4 is 15.9 Å². The predicted molar refractivity (Wildman–Crippen MR) is 66.7 cm³/mol. The van der Waals surface area contributed by atoms with E-state index in [1.807, 2.05) is 13.1 Å². The number of halogens is 1. The van der Waals surface area contributed by atoms with Crippen LogP contribution in [-0.4, -0.2) is 13.6 Å². The zero-order valence-corrected chi connectivity index (χ0v) is 10.5. The van der Waals surface area contributed by atoms with E-state index in [0.29, 0.717) is 5.41 Å². The Morgan fingerprint density at radius 3 is 2.67 bits per heavy atom. The number of nitrogens with two attached hydrogens (primary N) is 1. The van der Waals surface area contributed by atoms with Gasteiger partial charge in [-0.05, 0) is 31.5 Å². The van der Waals surface area contributed by atoms with E-state index in [4.69, 9.17) is 5.73 Å². The highest BCUT2D eigenvalue weighted by atomic mass is 79.9. The van der Waals surface area contributed by atoms with Crippen LogP contribution in [0.25, 0.3) is 0 Å². The van der Waals surface area contributed by atoms with Gasteiger partial charge >= 0.3 is 0 Å². The molecule has 82 valence electrons. The molecular weight excluding hydrogens is 252 g/mol. The number of hydrogen-bond donors (Lipinski definition) is 2. The third kappa shape index (κ3) is 2.10. The van der Waals surface area contributed by atoms with Crippen molar-refractivity contribution in [1.82, 2.24) is 5.32 Å². The second kappa shape index (κ2) is 4.24.